The molecular weight excluding hydrogens is 276 g/mol. The van der Waals surface area contributed by atoms with E-state index >= 15 is 0 Å². The molecule has 1 amide bonds. The van der Waals surface area contributed by atoms with Crippen molar-refractivity contribution in [1.82, 2.24) is 20.0 Å². The van der Waals surface area contributed by atoms with E-state index in [2.05, 4.69) is 22.2 Å². The van der Waals surface area contributed by atoms with Gasteiger partial charge in [-0.3, -0.25) is 14.4 Å². The first-order valence-corrected chi connectivity index (χ1v) is 8.70. The second-order valence-corrected chi connectivity index (χ2v) is 6.81. The van der Waals surface area contributed by atoms with Gasteiger partial charge in [0.05, 0.1) is 12.2 Å². The Hall–Kier alpha value is -1.36. The van der Waals surface area contributed by atoms with Crippen LogP contribution in [0.2, 0.25) is 0 Å². The Morgan fingerprint density at radius 1 is 1.32 bits per heavy atom. The van der Waals surface area contributed by atoms with Gasteiger partial charge in [-0.25, -0.2) is 0 Å². The minimum atomic E-state index is -0.244. The highest BCUT2D eigenvalue weighted by Gasteiger charge is 2.47. The Bertz CT molecular complexity index is 512. The number of amides is 1. The Morgan fingerprint density at radius 3 is 2.55 bits per heavy atom. The summed E-state index contributed by atoms with van der Waals surface area (Å²) in [6, 6.07) is 0.0706. The average Bonchev–Trinajstić information content (AvgIpc) is 3.24. The molecule has 0 unspecified atom stereocenters. The highest BCUT2D eigenvalue weighted by atomic mass is 16.2. The van der Waals surface area contributed by atoms with Crippen molar-refractivity contribution in [2.75, 3.05) is 13.1 Å². The van der Waals surface area contributed by atoms with Crippen molar-refractivity contribution in [2.24, 2.45) is 7.05 Å². The molecule has 2 fully saturated rings. The van der Waals surface area contributed by atoms with E-state index in [0.717, 1.165) is 37.9 Å². The molecule has 5 nitrogen and oxygen atoms in total. The van der Waals surface area contributed by atoms with Crippen LogP contribution >= 0.6 is 0 Å². The van der Waals surface area contributed by atoms with Crippen molar-refractivity contribution in [3.05, 3.63) is 18.0 Å². The van der Waals surface area contributed by atoms with Gasteiger partial charge in [0.1, 0.15) is 5.54 Å². The first-order valence-electron chi connectivity index (χ1n) is 8.70. The van der Waals surface area contributed by atoms with Gasteiger partial charge in [0, 0.05) is 18.8 Å². The summed E-state index contributed by atoms with van der Waals surface area (Å²) in [5.41, 5.74) is 0.861. The average molecular weight is 304 g/mol. The lowest BCUT2D eigenvalue weighted by Crippen LogP contribution is -2.56. The molecule has 1 N–H and O–H groups in total. The van der Waals surface area contributed by atoms with Crippen LogP contribution in [0.5, 0.6) is 0 Å². The van der Waals surface area contributed by atoms with Crippen LogP contribution in [0.4, 0.5) is 0 Å². The number of aryl methyl sites for hydroxylation is 1. The molecule has 1 aliphatic carbocycles. The number of hydrogen-bond acceptors (Lipinski definition) is 3. The molecule has 1 atom stereocenters. The molecule has 0 bridgehead atoms. The van der Waals surface area contributed by atoms with Gasteiger partial charge in [0.15, 0.2) is 0 Å². The first kappa shape index (κ1) is 15.5. The molecule has 122 valence electrons. The number of nitrogens with one attached hydrogen (secondary N) is 1. The zero-order valence-electron chi connectivity index (χ0n) is 13.8. The highest BCUT2D eigenvalue weighted by molar-refractivity contribution is 5.87. The third kappa shape index (κ3) is 2.78. The summed E-state index contributed by atoms with van der Waals surface area (Å²) in [4.78, 5) is 15.6. The number of carbonyl (C=O) groups excluding carboxylic acids is 1. The minimum absolute atomic E-state index is 0.0706. The van der Waals surface area contributed by atoms with E-state index in [4.69, 9.17) is 0 Å². The lowest BCUT2D eigenvalue weighted by Gasteiger charge is -2.38. The third-order valence-electron chi connectivity index (χ3n) is 5.41. The monoisotopic (exact) mass is 304 g/mol. The van der Waals surface area contributed by atoms with E-state index in [-0.39, 0.29) is 17.5 Å². The van der Waals surface area contributed by atoms with Crippen molar-refractivity contribution < 1.29 is 4.79 Å². The Balaban J connectivity index is 1.75. The van der Waals surface area contributed by atoms with Crippen molar-refractivity contribution in [3.8, 4) is 0 Å². The van der Waals surface area contributed by atoms with Crippen LogP contribution in [0.25, 0.3) is 0 Å². The molecule has 2 heterocycles. The molecule has 0 spiro atoms. The van der Waals surface area contributed by atoms with Gasteiger partial charge in [0.2, 0.25) is 5.91 Å². The topological polar surface area (TPSA) is 50.2 Å². The van der Waals surface area contributed by atoms with Crippen LogP contribution < -0.4 is 5.32 Å². The van der Waals surface area contributed by atoms with E-state index in [1.165, 1.54) is 25.7 Å². The predicted octanol–water partition coefficient (Wildman–Crippen LogP) is 2.40. The predicted molar refractivity (Wildman–Crippen MR) is 86.4 cm³/mol. The summed E-state index contributed by atoms with van der Waals surface area (Å²) in [5, 5.41) is 7.56. The number of rotatable bonds is 5. The fourth-order valence-corrected chi connectivity index (χ4v) is 4.13. The van der Waals surface area contributed by atoms with Crippen molar-refractivity contribution >= 4 is 5.91 Å². The summed E-state index contributed by atoms with van der Waals surface area (Å²) in [5.74, 6) is 0.239. The van der Waals surface area contributed by atoms with E-state index in [1.54, 1.807) is 4.68 Å². The maximum Gasteiger partial charge on any atom is 0.241 e. The van der Waals surface area contributed by atoms with Gasteiger partial charge >= 0.3 is 0 Å². The molecule has 22 heavy (non-hydrogen) atoms. The van der Waals surface area contributed by atoms with E-state index < -0.39 is 0 Å². The molecule has 1 saturated heterocycles. The quantitative estimate of drug-likeness (QED) is 0.909. The van der Waals surface area contributed by atoms with Crippen molar-refractivity contribution in [2.45, 2.75) is 63.5 Å². The molecule has 0 aromatic carbocycles. The number of aromatic nitrogens is 2. The van der Waals surface area contributed by atoms with E-state index in [1.807, 2.05) is 19.4 Å². The number of likely N-dealkylation sites (tertiary alicyclic amines) is 1. The third-order valence-corrected chi connectivity index (χ3v) is 5.41. The van der Waals surface area contributed by atoms with Crippen LogP contribution in [0.3, 0.4) is 0 Å². The molecule has 1 aromatic rings. The Kier molecular flexibility index (Phi) is 4.52. The molecule has 0 radical (unpaired) electrons. The Morgan fingerprint density at radius 2 is 2.00 bits per heavy atom. The van der Waals surface area contributed by atoms with Gasteiger partial charge in [-0.15, -0.1) is 0 Å². The molecule has 1 aromatic heterocycles. The van der Waals surface area contributed by atoms with Crippen LogP contribution in [0.15, 0.2) is 12.4 Å². The van der Waals surface area contributed by atoms with Gasteiger partial charge in [-0.2, -0.15) is 5.10 Å². The summed E-state index contributed by atoms with van der Waals surface area (Å²) in [7, 11) is 1.92. The maximum atomic E-state index is 13.1. The molecular formula is C17H28N4O. The zero-order chi connectivity index (χ0) is 15.6. The summed E-state index contributed by atoms with van der Waals surface area (Å²) in [6.07, 6.45) is 11.6. The number of hydrogen-bond donors (Lipinski definition) is 1. The second-order valence-electron chi connectivity index (χ2n) is 6.81. The van der Waals surface area contributed by atoms with Gasteiger partial charge in [-0.05, 0) is 45.2 Å². The largest absolute Gasteiger partial charge is 0.348 e. The SMILES string of the molecule is CC[C@H](NC(=O)C1(N2CCCC2)CCCC1)c1cnn(C)c1. The van der Waals surface area contributed by atoms with Gasteiger partial charge in [-0.1, -0.05) is 19.8 Å². The molecule has 3 rings (SSSR count). The Labute approximate surface area is 133 Å². The summed E-state index contributed by atoms with van der Waals surface area (Å²) in [6.45, 7) is 4.28. The van der Waals surface area contributed by atoms with Crippen LogP contribution in [-0.4, -0.2) is 39.2 Å². The summed E-state index contributed by atoms with van der Waals surface area (Å²) >= 11 is 0. The first-order chi connectivity index (χ1) is 10.7. The van der Waals surface area contributed by atoms with Crippen LogP contribution in [-0.2, 0) is 11.8 Å². The lowest BCUT2D eigenvalue weighted by atomic mass is 9.93. The molecule has 2 aliphatic rings. The maximum absolute atomic E-state index is 13.1. The second kappa shape index (κ2) is 6.41. The standard InChI is InChI=1S/C17H28N4O/c1-3-15(14-12-18-20(2)13-14)19-16(22)17(8-4-5-9-17)21-10-6-7-11-21/h12-13,15H,3-11H2,1-2H3,(H,19,22)/t15-/m0/s1. The minimum Gasteiger partial charge on any atom is -0.348 e. The molecule has 1 aliphatic heterocycles. The van der Waals surface area contributed by atoms with E-state index in [9.17, 15) is 4.79 Å². The van der Waals surface area contributed by atoms with Crippen LogP contribution in [0.1, 0.15) is 63.5 Å². The van der Waals surface area contributed by atoms with Crippen LogP contribution in [0, 0.1) is 0 Å². The lowest BCUT2D eigenvalue weighted by molar-refractivity contribution is -0.133. The molecule has 5 heteroatoms. The molecule has 1 saturated carbocycles. The zero-order valence-corrected chi connectivity index (χ0v) is 13.8. The number of nitrogens with zero attached hydrogens (tertiary/aromatic N) is 3. The fraction of sp³-hybridized carbons (Fsp3) is 0.765. The van der Waals surface area contributed by atoms with Gasteiger partial charge < -0.3 is 5.32 Å². The smallest absolute Gasteiger partial charge is 0.241 e. The van der Waals surface area contributed by atoms with Gasteiger partial charge in [0.25, 0.3) is 0 Å². The van der Waals surface area contributed by atoms with Crippen molar-refractivity contribution in [1.29, 1.82) is 0 Å². The highest BCUT2D eigenvalue weighted by Crippen LogP contribution is 2.38. The fourth-order valence-electron chi connectivity index (χ4n) is 4.13. The summed E-state index contributed by atoms with van der Waals surface area (Å²) < 4.78 is 1.80. The number of carbonyl (C=O) groups is 1. The normalized spacial score (nSPS) is 22.8. The van der Waals surface area contributed by atoms with Crippen molar-refractivity contribution in [3.63, 3.8) is 0 Å². The van der Waals surface area contributed by atoms with E-state index in [0.29, 0.717) is 0 Å².